The number of nitrogens with zero attached hydrogens (tertiary/aromatic N) is 1. The Bertz CT molecular complexity index is 427. The highest BCUT2D eigenvalue weighted by atomic mass is 19.1. The van der Waals surface area contributed by atoms with Gasteiger partial charge in [0.25, 0.3) is 0 Å². The van der Waals surface area contributed by atoms with E-state index in [2.05, 4.69) is 13.8 Å². The van der Waals surface area contributed by atoms with E-state index >= 15 is 0 Å². The molecule has 0 aliphatic carbocycles. The Hall–Kier alpha value is -1.38. The summed E-state index contributed by atoms with van der Waals surface area (Å²) in [6, 6.07) is 5.10. The van der Waals surface area contributed by atoms with Crippen LogP contribution >= 0.6 is 0 Å². The number of carbonyl (C=O) groups excluding carboxylic acids is 1. The molecule has 0 heterocycles. The van der Waals surface area contributed by atoms with E-state index in [-0.39, 0.29) is 17.8 Å². The summed E-state index contributed by atoms with van der Waals surface area (Å²) in [5.41, 5.74) is 1.39. The Morgan fingerprint density at radius 1 is 1.26 bits per heavy atom. The first-order valence-electron chi connectivity index (χ1n) is 7.13. The molecule has 1 amide bonds. The highest BCUT2D eigenvalue weighted by Crippen LogP contribution is 2.24. The molecule has 0 N–H and O–H groups in total. The lowest BCUT2D eigenvalue weighted by atomic mass is 10.1. The van der Waals surface area contributed by atoms with Gasteiger partial charge in [0.15, 0.2) is 0 Å². The van der Waals surface area contributed by atoms with E-state index in [4.69, 9.17) is 0 Å². The minimum absolute atomic E-state index is 0.127. The van der Waals surface area contributed by atoms with Crippen LogP contribution in [0.2, 0.25) is 0 Å². The van der Waals surface area contributed by atoms with Crippen LogP contribution in [0.15, 0.2) is 18.2 Å². The lowest BCUT2D eigenvalue weighted by molar-refractivity contribution is -0.119. The molecule has 3 heteroatoms. The van der Waals surface area contributed by atoms with Crippen molar-refractivity contribution in [2.45, 2.75) is 59.4 Å². The predicted octanol–water partition coefficient (Wildman–Crippen LogP) is 4.46. The van der Waals surface area contributed by atoms with Gasteiger partial charge in [0.2, 0.25) is 5.91 Å². The molecule has 1 rings (SSSR count). The number of benzene rings is 1. The fraction of sp³-hybridized carbons (Fsp3) is 0.562. The van der Waals surface area contributed by atoms with Gasteiger partial charge in [0.1, 0.15) is 5.82 Å². The summed E-state index contributed by atoms with van der Waals surface area (Å²) in [5, 5.41) is 0. The largest absolute Gasteiger partial charge is 0.309 e. The van der Waals surface area contributed by atoms with Gasteiger partial charge in [-0.1, -0.05) is 20.8 Å². The van der Waals surface area contributed by atoms with Gasteiger partial charge in [0.05, 0.1) is 0 Å². The number of anilines is 1. The molecule has 0 radical (unpaired) electrons. The van der Waals surface area contributed by atoms with Gasteiger partial charge in [-0.3, -0.25) is 4.79 Å². The van der Waals surface area contributed by atoms with Crippen molar-refractivity contribution in [2.75, 3.05) is 4.90 Å². The lowest BCUT2D eigenvalue weighted by Gasteiger charge is -2.31. The SMILES string of the molecule is CCCC(=O)N(c1ccc(F)c(C)c1)C(CC)CC. The fourth-order valence-corrected chi connectivity index (χ4v) is 2.33. The zero-order valence-electron chi connectivity index (χ0n) is 12.4. The monoisotopic (exact) mass is 265 g/mol. The third kappa shape index (κ3) is 3.79. The van der Waals surface area contributed by atoms with E-state index < -0.39 is 0 Å². The second-order valence-corrected chi connectivity index (χ2v) is 4.92. The maximum Gasteiger partial charge on any atom is 0.227 e. The van der Waals surface area contributed by atoms with Crippen molar-refractivity contribution in [1.29, 1.82) is 0 Å². The average molecular weight is 265 g/mol. The van der Waals surface area contributed by atoms with E-state index in [0.717, 1.165) is 24.9 Å². The third-order valence-corrected chi connectivity index (χ3v) is 3.46. The fourth-order valence-electron chi connectivity index (χ4n) is 2.33. The average Bonchev–Trinajstić information content (AvgIpc) is 2.39. The Kier molecular flexibility index (Phi) is 6.00. The van der Waals surface area contributed by atoms with Gasteiger partial charge >= 0.3 is 0 Å². The molecule has 0 spiro atoms. The zero-order valence-corrected chi connectivity index (χ0v) is 12.4. The van der Waals surface area contributed by atoms with Crippen LogP contribution < -0.4 is 4.90 Å². The first kappa shape index (κ1) is 15.7. The van der Waals surface area contributed by atoms with Gasteiger partial charge in [-0.25, -0.2) is 4.39 Å². The summed E-state index contributed by atoms with van der Waals surface area (Å²) in [6.07, 6.45) is 3.17. The molecule has 0 saturated carbocycles. The standard InChI is InChI=1S/C16H24FNO/c1-5-8-16(19)18(13(6-2)7-3)14-9-10-15(17)12(4)11-14/h9-11,13H,5-8H2,1-4H3. The highest BCUT2D eigenvalue weighted by Gasteiger charge is 2.22. The minimum Gasteiger partial charge on any atom is -0.309 e. The van der Waals surface area contributed by atoms with Crippen molar-refractivity contribution in [3.8, 4) is 0 Å². The molecule has 0 aliphatic heterocycles. The maximum atomic E-state index is 13.4. The highest BCUT2D eigenvalue weighted by molar-refractivity contribution is 5.94. The molecule has 1 aromatic carbocycles. The van der Waals surface area contributed by atoms with Crippen molar-refractivity contribution < 1.29 is 9.18 Å². The molecule has 0 bridgehead atoms. The number of rotatable bonds is 6. The van der Waals surface area contributed by atoms with Crippen molar-refractivity contribution in [3.05, 3.63) is 29.6 Å². The van der Waals surface area contributed by atoms with Crippen molar-refractivity contribution >= 4 is 11.6 Å². The number of hydrogen-bond acceptors (Lipinski definition) is 1. The molecule has 0 saturated heterocycles. The molecule has 1 aromatic rings. The molecular weight excluding hydrogens is 241 g/mol. The van der Waals surface area contributed by atoms with E-state index in [1.54, 1.807) is 19.1 Å². The quantitative estimate of drug-likeness (QED) is 0.744. The molecule has 2 nitrogen and oxygen atoms in total. The molecule has 0 aliphatic rings. The van der Waals surface area contributed by atoms with Crippen LogP contribution in [0, 0.1) is 12.7 Å². The predicted molar refractivity (Wildman–Crippen MR) is 77.9 cm³/mol. The van der Waals surface area contributed by atoms with Crippen LogP contribution in [0.25, 0.3) is 0 Å². The van der Waals surface area contributed by atoms with Crippen molar-refractivity contribution in [2.24, 2.45) is 0 Å². The topological polar surface area (TPSA) is 20.3 Å². The molecular formula is C16H24FNO. The zero-order chi connectivity index (χ0) is 14.4. The van der Waals surface area contributed by atoms with E-state index in [1.165, 1.54) is 6.07 Å². The normalized spacial score (nSPS) is 10.8. The molecule has 0 fully saturated rings. The van der Waals surface area contributed by atoms with E-state index in [1.807, 2.05) is 11.8 Å². The van der Waals surface area contributed by atoms with Gasteiger partial charge in [-0.2, -0.15) is 0 Å². The summed E-state index contributed by atoms with van der Waals surface area (Å²) in [6.45, 7) is 7.89. The second-order valence-electron chi connectivity index (χ2n) is 4.92. The summed E-state index contributed by atoms with van der Waals surface area (Å²) < 4.78 is 13.4. The summed E-state index contributed by atoms with van der Waals surface area (Å²) in [4.78, 5) is 14.2. The first-order chi connectivity index (χ1) is 9.04. The van der Waals surface area contributed by atoms with E-state index in [0.29, 0.717) is 12.0 Å². The molecule has 19 heavy (non-hydrogen) atoms. The van der Waals surface area contributed by atoms with Crippen molar-refractivity contribution in [3.63, 3.8) is 0 Å². The van der Waals surface area contributed by atoms with Crippen LogP contribution in [-0.4, -0.2) is 11.9 Å². The first-order valence-corrected chi connectivity index (χ1v) is 7.13. The van der Waals surface area contributed by atoms with Gasteiger partial charge in [-0.05, 0) is 49.9 Å². The van der Waals surface area contributed by atoms with E-state index in [9.17, 15) is 9.18 Å². The van der Waals surface area contributed by atoms with Crippen LogP contribution in [0.1, 0.15) is 52.0 Å². The Morgan fingerprint density at radius 2 is 1.89 bits per heavy atom. The smallest absolute Gasteiger partial charge is 0.227 e. The Morgan fingerprint density at radius 3 is 2.37 bits per heavy atom. The summed E-state index contributed by atoms with van der Waals surface area (Å²) in [7, 11) is 0. The van der Waals surface area contributed by atoms with Gasteiger partial charge < -0.3 is 4.90 Å². The minimum atomic E-state index is -0.226. The number of halogens is 1. The molecule has 0 atom stereocenters. The van der Waals surface area contributed by atoms with Crippen LogP contribution in [0.3, 0.4) is 0 Å². The molecule has 0 unspecified atom stereocenters. The number of carbonyl (C=O) groups is 1. The van der Waals surface area contributed by atoms with Crippen LogP contribution in [0.4, 0.5) is 10.1 Å². The van der Waals surface area contributed by atoms with Gasteiger partial charge in [-0.15, -0.1) is 0 Å². The number of hydrogen-bond donors (Lipinski definition) is 0. The van der Waals surface area contributed by atoms with Gasteiger partial charge in [0, 0.05) is 18.2 Å². The number of amides is 1. The summed E-state index contributed by atoms with van der Waals surface area (Å²) >= 11 is 0. The third-order valence-electron chi connectivity index (χ3n) is 3.46. The van der Waals surface area contributed by atoms with Crippen molar-refractivity contribution in [1.82, 2.24) is 0 Å². The Balaban J connectivity index is 3.14. The Labute approximate surface area is 115 Å². The summed E-state index contributed by atoms with van der Waals surface area (Å²) in [5.74, 6) is -0.0987. The molecule has 106 valence electrons. The maximum absolute atomic E-state index is 13.4. The lowest BCUT2D eigenvalue weighted by Crippen LogP contribution is -2.39. The second kappa shape index (κ2) is 7.27. The van der Waals surface area contributed by atoms with Crippen LogP contribution in [0.5, 0.6) is 0 Å². The molecule has 0 aromatic heterocycles. The number of aryl methyl sites for hydroxylation is 1. The van der Waals surface area contributed by atoms with Crippen LogP contribution in [-0.2, 0) is 4.79 Å².